The van der Waals surface area contributed by atoms with E-state index >= 15 is 0 Å². The minimum absolute atomic E-state index is 0.125. The molecule has 15 heavy (non-hydrogen) atoms. The fourth-order valence-corrected chi connectivity index (χ4v) is 1.71. The van der Waals surface area contributed by atoms with Crippen LogP contribution in [0.25, 0.3) is 11.0 Å². The van der Waals surface area contributed by atoms with Gasteiger partial charge in [-0.25, -0.2) is 0 Å². The minimum Gasteiger partial charge on any atom is -0.457 e. The lowest BCUT2D eigenvalue weighted by Gasteiger charge is -2.06. The number of para-hydroxylation sites is 1. The zero-order valence-electron chi connectivity index (χ0n) is 8.14. The molecule has 2 rings (SSSR count). The third-order valence-corrected chi connectivity index (χ3v) is 2.80. The number of hydrogen-bond donors (Lipinski definition) is 1. The summed E-state index contributed by atoms with van der Waals surface area (Å²) in [5.41, 5.74) is -0.407. The molecule has 1 N–H and O–H groups in total. The fourth-order valence-electron chi connectivity index (χ4n) is 1.36. The van der Waals surface area contributed by atoms with Crippen LogP contribution >= 0.6 is 11.8 Å². The maximum Gasteiger partial charge on any atom is 0.193 e. The monoisotopic (exact) mass is 222 g/mol. The molecule has 0 fully saturated rings. The van der Waals surface area contributed by atoms with Crippen molar-refractivity contribution >= 4 is 22.7 Å². The predicted molar refractivity (Wildman–Crippen MR) is 61.0 cm³/mol. The smallest absolute Gasteiger partial charge is 0.193 e. The Hall–Kier alpha value is -1.26. The van der Waals surface area contributed by atoms with E-state index in [0.29, 0.717) is 16.7 Å². The molecule has 1 aromatic heterocycles. The van der Waals surface area contributed by atoms with Crippen molar-refractivity contribution in [1.82, 2.24) is 0 Å². The van der Waals surface area contributed by atoms with Gasteiger partial charge in [-0.05, 0) is 18.4 Å². The fraction of sp³-hybridized carbons (Fsp3) is 0.182. The van der Waals surface area contributed by atoms with Crippen LogP contribution < -0.4 is 5.43 Å². The lowest BCUT2D eigenvalue weighted by atomic mass is 10.2. The second kappa shape index (κ2) is 4.08. The summed E-state index contributed by atoms with van der Waals surface area (Å²) in [6.07, 6.45) is 1.75. The molecular formula is C11H10O3S. The van der Waals surface area contributed by atoms with Gasteiger partial charge in [0.05, 0.1) is 5.39 Å². The van der Waals surface area contributed by atoms with Gasteiger partial charge < -0.3 is 9.52 Å². The van der Waals surface area contributed by atoms with Crippen LogP contribution in [0.2, 0.25) is 0 Å². The first-order valence-corrected chi connectivity index (χ1v) is 5.75. The van der Waals surface area contributed by atoms with Crippen LogP contribution in [-0.2, 0) is 0 Å². The highest BCUT2D eigenvalue weighted by atomic mass is 32.2. The average molecular weight is 222 g/mol. The van der Waals surface area contributed by atoms with E-state index in [0.717, 1.165) is 0 Å². The number of fused-ring (bicyclic) bond motifs is 1. The Labute approximate surface area is 90.7 Å². The van der Waals surface area contributed by atoms with Crippen molar-refractivity contribution in [3.05, 3.63) is 46.3 Å². The number of aliphatic hydroxyl groups is 1. The molecule has 0 spiro atoms. The molecule has 0 aliphatic rings. The van der Waals surface area contributed by atoms with Crippen molar-refractivity contribution in [2.45, 2.75) is 5.44 Å². The van der Waals surface area contributed by atoms with Crippen LogP contribution in [0.5, 0.6) is 0 Å². The molecule has 0 aliphatic carbocycles. The molecular weight excluding hydrogens is 212 g/mol. The predicted octanol–water partition coefficient (Wildman–Crippen LogP) is 2.15. The Kier molecular flexibility index (Phi) is 2.79. The van der Waals surface area contributed by atoms with Crippen LogP contribution in [0.15, 0.2) is 39.5 Å². The zero-order chi connectivity index (χ0) is 10.8. The summed E-state index contributed by atoms with van der Waals surface area (Å²) in [5.74, 6) is 0.297. The SMILES string of the molecule is CSC(O)c1cc(=O)c2ccccc2o1. The average Bonchev–Trinajstić information content (AvgIpc) is 2.28. The van der Waals surface area contributed by atoms with Gasteiger partial charge in [0.25, 0.3) is 0 Å². The molecule has 0 bridgehead atoms. The standard InChI is InChI=1S/C11H10O3S/c1-15-11(13)10-6-8(12)7-4-2-3-5-9(7)14-10/h2-6,11,13H,1H3. The highest BCUT2D eigenvalue weighted by Gasteiger charge is 2.11. The molecule has 1 heterocycles. The number of benzene rings is 1. The molecule has 3 nitrogen and oxygen atoms in total. The highest BCUT2D eigenvalue weighted by molar-refractivity contribution is 7.98. The summed E-state index contributed by atoms with van der Waals surface area (Å²) < 4.78 is 5.42. The maximum atomic E-state index is 11.6. The third-order valence-electron chi connectivity index (χ3n) is 2.12. The maximum absolute atomic E-state index is 11.6. The first kappa shape index (κ1) is 10.3. The Bertz CT molecular complexity index is 533. The third kappa shape index (κ3) is 1.91. The molecule has 0 saturated heterocycles. The van der Waals surface area contributed by atoms with Gasteiger partial charge in [0.15, 0.2) is 10.9 Å². The summed E-state index contributed by atoms with van der Waals surface area (Å²) in [6, 6.07) is 8.33. The largest absolute Gasteiger partial charge is 0.457 e. The number of aliphatic hydroxyl groups excluding tert-OH is 1. The summed E-state index contributed by atoms with van der Waals surface area (Å²) in [6.45, 7) is 0. The molecule has 4 heteroatoms. The van der Waals surface area contributed by atoms with Crippen LogP contribution in [0.3, 0.4) is 0 Å². The lowest BCUT2D eigenvalue weighted by Crippen LogP contribution is -2.03. The van der Waals surface area contributed by atoms with Crippen molar-refractivity contribution in [3.8, 4) is 0 Å². The highest BCUT2D eigenvalue weighted by Crippen LogP contribution is 2.24. The van der Waals surface area contributed by atoms with E-state index in [4.69, 9.17) is 4.42 Å². The van der Waals surface area contributed by atoms with Crippen molar-refractivity contribution < 1.29 is 9.52 Å². The first-order chi connectivity index (χ1) is 7.22. The van der Waals surface area contributed by atoms with Gasteiger partial charge in [0, 0.05) is 6.07 Å². The number of hydrogen-bond acceptors (Lipinski definition) is 4. The van der Waals surface area contributed by atoms with E-state index < -0.39 is 5.44 Å². The van der Waals surface area contributed by atoms with Gasteiger partial charge in [0.2, 0.25) is 0 Å². The first-order valence-electron chi connectivity index (χ1n) is 4.46. The zero-order valence-corrected chi connectivity index (χ0v) is 8.95. The molecule has 0 saturated carbocycles. The van der Waals surface area contributed by atoms with Gasteiger partial charge >= 0.3 is 0 Å². The van der Waals surface area contributed by atoms with Gasteiger partial charge in [-0.3, -0.25) is 4.79 Å². The topological polar surface area (TPSA) is 50.4 Å². The molecule has 0 amide bonds. The van der Waals surface area contributed by atoms with Gasteiger partial charge in [0.1, 0.15) is 11.3 Å². The summed E-state index contributed by atoms with van der Waals surface area (Å²) >= 11 is 1.22. The molecule has 0 radical (unpaired) electrons. The Morgan fingerprint density at radius 1 is 1.40 bits per heavy atom. The Morgan fingerprint density at radius 2 is 2.13 bits per heavy atom. The minimum atomic E-state index is -0.790. The summed E-state index contributed by atoms with van der Waals surface area (Å²) in [4.78, 5) is 11.6. The Morgan fingerprint density at radius 3 is 2.87 bits per heavy atom. The van der Waals surface area contributed by atoms with Crippen LogP contribution in [0.1, 0.15) is 11.2 Å². The van der Waals surface area contributed by atoms with E-state index in [1.54, 1.807) is 30.5 Å². The van der Waals surface area contributed by atoms with E-state index in [9.17, 15) is 9.90 Å². The summed E-state index contributed by atoms with van der Waals surface area (Å²) in [5, 5.41) is 10.1. The van der Waals surface area contributed by atoms with Crippen molar-refractivity contribution in [2.75, 3.05) is 6.26 Å². The van der Waals surface area contributed by atoms with E-state index in [2.05, 4.69) is 0 Å². The molecule has 0 aliphatic heterocycles. The second-order valence-corrected chi connectivity index (χ2v) is 4.02. The second-order valence-electron chi connectivity index (χ2n) is 3.10. The normalized spacial score (nSPS) is 12.9. The van der Waals surface area contributed by atoms with Crippen LogP contribution in [0, 0.1) is 0 Å². The van der Waals surface area contributed by atoms with Crippen molar-refractivity contribution in [2.24, 2.45) is 0 Å². The quantitative estimate of drug-likeness (QED) is 0.791. The van der Waals surface area contributed by atoms with Gasteiger partial charge in [-0.2, -0.15) is 0 Å². The van der Waals surface area contributed by atoms with E-state index in [1.165, 1.54) is 17.8 Å². The molecule has 1 aromatic carbocycles. The van der Waals surface area contributed by atoms with Crippen molar-refractivity contribution in [3.63, 3.8) is 0 Å². The number of thioether (sulfide) groups is 1. The summed E-state index contributed by atoms with van der Waals surface area (Å²) in [7, 11) is 0. The van der Waals surface area contributed by atoms with Gasteiger partial charge in [-0.1, -0.05) is 12.1 Å². The molecule has 1 atom stereocenters. The molecule has 2 aromatic rings. The van der Waals surface area contributed by atoms with Crippen molar-refractivity contribution in [1.29, 1.82) is 0 Å². The lowest BCUT2D eigenvalue weighted by molar-refractivity contribution is 0.238. The Balaban J connectivity index is 2.67. The molecule has 78 valence electrons. The van der Waals surface area contributed by atoms with Crippen LogP contribution in [0.4, 0.5) is 0 Å². The van der Waals surface area contributed by atoms with Crippen LogP contribution in [-0.4, -0.2) is 11.4 Å². The van der Waals surface area contributed by atoms with E-state index in [-0.39, 0.29) is 5.43 Å². The van der Waals surface area contributed by atoms with E-state index in [1.807, 2.05) is 0 Å². The molecule has 1 unspecified atom stereocenters. The van der Waals surface area contributed by atoms with Gasteiger partial charge in [-0.15, -0.1) is 11.8 Å². The number of rotatable bonds is 2.